The molecule has 0 atom stereocenters. The zero-order valence-electron chi connectivity index (χ0n) is 14.8. The summed E-state index contributed by atoms with van der Waals surface area (Å²) >= 11 is 3.36. The molecule has 138 valence electrons. The molecule has 0 unspecified atom stereocenters. The van der Waals surface area contributed by atoms with Gasteiger partial charge in [0.1, 0.15) is 5.82 Å². The van der Waals surface area contributed by atoms with Crippen LogP contribution >= 0.6 is 15.9 Å². The van der Waals surface area contributed by atoms with Gasteiger partial charge in [-0.15, -0.1) is 15.3 Å². The number of hydrogen-bond acceptors (Lipinski definition) is 6. The molecule has 9 heteroatoms. The van der Waals surface area contributed by atoms with Gasteiger partial charge in [0.15, 0.2) is 11.5 Å². The molecule has 4 heterocycles. The molecule has 1 saturated carbocycles. The highest BCUT2D eigenvalue weighted by atomic mass is 79.9. The molecule has 8 nitrogen and oxygen atoms in total. The van der Waals surface area contributed by atoms with E-state index < -0.39 is 0 Å². The van der Waals surface area contributed by atoms with E-state index >= 15 is 0 Å². The number of hydrogen-bond donors (Lipinski definition) is 0. The van der Waals surface area contributed by atoms with Crippen LogP contribution in [0.2, 0.25) is 0 Å². The molecule has 3 aromatic rings. The number of carbonyl (C=O) groups excluding carboxylic acids is 1. The summed E-state index contributed by atoms with van der Waals surface area (Å²) in [7, 11) is 1.84. The predicted octanol–water partition coefficient (Wildman–Crippen LogP) is 2.12. The van der Waals surface area contributed by atoms with Crippen LogP contribution in [-0.2, 0) is 0 Å². The second kappa shape index (κ2) is 6.26. The van der Waals surface area contributed by atoms with Crippen molar-refractivity contribution < 1.29 is 4.79 Å². The van der Waals surface area contributed by atoms with Gasteiger partial charge < -0.3 is 9.80 Å². The van der Waals surface area contributed by atoms with Crippen molar-refractivity contribution >= 4 is 33.3 Å². The topological polar surface area (TPSA) is 79.5 Å². The number of pyridine rings is 1. The summed E-state index contributed by atoms with van der Waals surface area (Å²) in [6.07, 6.45) is 5.59. The zero-order valence-corrected chi connectivity index (χ0v) is 16.4. The van der Waals surface area contributed by atoms with Crippen LogP contribution in [0.4, 0.5) is 5.82 Å². The van der Waals surface area contributed by atoms with E-state index in [1.54, 1.807) is 23.4 Å². The number of nitrogens with zero attached hydrogens (tertiary/aromatic N) is 7. The fraction of sp³-hybridized carbons (Fsp3) is 0.389. The molecular weight excluding hydrogens is 410 g/mol. The van der Waals surface area contributed by atoms with Gasteiger partial charge >= 0.3 is 0 Å². The molecule has 2 fully saturated rings. The fourth-order valence-electron chi connectivity index (χ4n) is 3.35. The second-order valence-corrected chi connectivity index (χ2v) is 8.08. The number of fused-ring (bicyclic) bond motifs is 1. The van der Waals surface area contributed by atoms with Gasteiger partial charge in [-0.05, 0) is 47.0 Å². The van der Waals surface area contributed by atoms with E-state index in [9.17, 15) is 4.79 Å². The lowest BCUT2D eigenvalue weighted by atomic mass is 10.1. The quantitative estimate of drug-likeness (QED) is 0.634. The van der Waals surface area contributed by atoms with Crippen molar-refractivity contribution in [3.05, 3.63) is 46.5 Å². The predicted molar refractivity (Wildman–Crippen MR) is 103 cm³/mol. The minimum Gasteiger partial charge on any atom is -0.351 e. The van der Waals surface area contributed by atoms with Crippen molar-refractivity contribution in [1.82, 2.24) is 29.7 Å². The SMILES string of the molecule is CN(C(=O)c1cncc(Br)c1)C1CN(c2ccc3nnc(C4CC4)n3n2)C1. The van der Waals surface area contributed by atoms with E-state index in [2.05, 4.69) is 36.0 Å². The molecule has 5 rings (SSSR count). The largest absolute Gasteiger partial charge is 0.351 e. The molecule has 3 aromatic heterocycles. The Morgan fingerprint density at radius 1 is 1.22 bits per heavy atom. The van der Waals surface area contributed by atoms with Crippen LogP contribution in [0.5, 0.6) is 0 Å². The first-order chi connectivity index (χ1) is 13.1. The van der Waals surface area contributed by atoms with E-state index in [1.165, 1.54) is 0 Å². The summed E-state index contributed by atoms with van der Waals surface area (Å²) in [6, 6.07) is 5.87. The maximum atomic E-state index is 12.7. The fourth-order valence-corrected chi connectivity index (χ4v) is 3.71. The zero-order chi connectivity index (χ0) is 18.5. The number of anilines is 1. The molecule has 0 radical (unpaired) electrons. The molecule has 0 spiro atoms. The lowest BCUT2D eigenvalue weighted by molar-refractivity contribution is 0.0704. The Bertz CT molecular complexity index is 1030. The van der Waals surface area contributed by atoms with Crippen LogP contribution < -0.4 is 4.90 Å². The third-order valence-corrected chi connectivity index (χ3v) is 5.66. The van der Waals surface area contributed by atoms with Crippen molar-refractivity contribution in [2.75, 3.05) is 25.0 Å². The Hall–Kier alpha value is -2.55. The van der Waals surface area contributed by atoms with Crippen molar-refractivity contribution in [1.29, 1.82) is 0 Å². The Labute approximate surface area is 164 Å². The Morgan fingerprint density at radius 3 is 2.78 bits per heavy atom. The molecule has 1 aliphatic carbocycles. The summed E-state index contributed by atoms with van der Waals surface area (Å²) in [6.45, 7) is 1.51. The highest BCUT2D eigenvalue weighted by Gasteiger charge is 2.34. The van der Waals surface area contributed by atoms with Crippen molar-refractivity contribution in [3.63, 3.8) is 0 Å². The van der Waals surface area contributed by atoms with E-state index in [4.69, 9.17) is 5.10 Å². The van der Waals surface area contributed by atoms with Gasteiger partial charge in [0.05, 0.1) is 11.6 Å². The number of likely N-dealkylation sites (N-methyl/N-ethyl adjacent to an activating group) is 1. The highest BCUT2D eigenvalue weighted by Crippen LogP contribution is 2.38. The summed E-state index contributed by atoms with van der Waals surface area (Å²) in [5.74, 6) is 2.32. The van der Waals surface area contributed by atoms with Crippen LogP contribution in [0.15, 0.2) is 35.1 Å². The van der Waals surface area contributed by atoms with E-state index in [0.717, 1.165) is 47.7 Å². The van der Waals surface area contributed by atoms with Gasteiger partial charge in [0, 0.05) is 42.9 Å². The first-order valence-electron chi connectivity index (χ1n) is 8.95. The van der Waals surface area contributed by atoms with Crippen LogP contribution in [0.25, 0.3) is 5.65 Å². The van der Waals surface area contributed by atoms with Crippen molar-refractivity contribution in [3.8, 4) is 0 Å². The van der Waals surface area contributed by atoms with Gasteiger partial charge in [0.2, 0.25) is 0 Å². The van der Waals surface area contributed by atoms with Crippen LogP contribution in [0, 0.1) is 0 Å². The minimum absolute atomic E-state index is 0.0216. The molecular formula is C18H18BrN7O. The second-order valence-electron chi connectivity index (χ2n) is 7.16. The van der Waals surface area contributed by atoms with E-state index in [-0.39, 0.29) is 11.9 Å². The molecule has 1 aliphatic heterocycles. The third-order valence-electron chi connectivity index (χ3n) is 5.22. The molecule has 27 heavy (non-hydrogen) atoms. The molecule has 0 N–H and O–H groups in total. The molecule has 2 aliphatic rings. The Morgan fingerprint density at radius 2 is 2.04 bits per heavy atom. The molecule has 1 amide bonds. The van der Waals surface area contributed by atoms with Crippen LogP contribution in [0.3, 0.4) is 0 Å². The number of carbonyl (C=O) groups is 1. The van der Waals surface area contributed by atoms with Gasteiger partial charge in [-0.25, -0.2) is 0 Å². The monoisotopic (exact) mass is 427 g/mol. The van der Waals surface area contributed by atoms with Gasteiger partial charge in [0.25, 0.3) is 5.91 Å². The third kappa shape index (κ3) is 2.95. The number of halogens is 1. The average Bonchev–Trinajstić information content (AvgIpc) is 3.39. The maximum absolute atomic E-state index is 12.7. The first-order valence-corrected chi connectivity index (χ1v) is 9.74. The average molecular weight is 428 g/mol. The van der Waals surface area contributed by atoms with Gasteiger partial charge in [-0.2, -0.15) is 4.52 Å². The minimum atomic E-state index is -0.0216. The van der Waals surface area contributed by atoms with Gasteiger partial charge in [-0.1, -0.05) is 0 Å². The Kier molecular flexibility index (Phi) is 3.85. The standard InChI is InChI=1S/C18H18BrN7O/c1-24(18(27)12-6-13(19)8-20-7-12)14-9-25(10-14)16-5-4-15-21-22-17(11-2-3-11)26(15)23-16/h4-8,11,14H,2-3,9-10H2,1H3. The van der Waals surface area contributed by atoms with E-state index in [0.29, 0.717) is 11.5 Å². The molecule has 1 saturated heterocycles. The lowest BCUT2D eigenvalue weighted by Gasteiger charge is -2.44. The van der Waals surface area contributed by atoms with Crippen molar-refractivity contribution in [2.45, 2.75) is 24.8 Å². The summed E-state index contributed by atoms with van der Waals surface area (Å²) in [5, 5.41) is 13.2. The summed E-state index contributed by atoms with van der Waals surface area (Å²) < 4.78 is 2.66. The van der Waals surface area contributed by atoms with Crippen LogP contribution in [0.1, 0.15) is 34.9 Å². The summed E-state index contributed by atoms with van der Waals surface area (Å²) in [4.78, 5) is 20.7. The number of rotatable bonds is 4. The first kappa shape index (κ1) is 16.6. The number of aromatic nitrogens is 5. The smallest absolute Gasteiger partial charge is 0.255 e. The molecule has 0 aromatic carbocycles. The lowest BCUT2D eigenvalue weighted by Crippen LogP contribution is -2.60. The summed E-state index contributed by atoms with van der Waals surface area (Å²) in [5.41, 5.74) is 1.37. The molecule has 0 bridgehead atoms. The maximum Gasteiger partial charge on any atom is 0.255 e. The van der Waals surface area contributed by atoms with Crippen molar-refractivity contribution in [2.24, 2.45) is 0 Å². The van der Waals surface area contributed by atoms with E-state index in [1.807, 2.05) is 23.7 Å². The van der Waals surface area contributed by atoms with Gasteiger partial charge in [-0.3, -0.25) is 9.78 Å². The normalized spacial score (nSPS) is 17.2. The number of amides is 1. The Balaban J connectivity index is 1.29. The van der Waals surface area contributed by atoms with Crippen LogP contribution in [-0.4, -0.2) is 61.8 Å². The highest BCUT2D eigenvalue weighted by molar-refractivity contribution is 9.10.